The van der Waals surface area contributed by atoms with Crippen molar-refractivity contribution in [3.8, 4) is 0 Å². The monoisotopic (exact) mass is 949 g/mol. The Kier molecular flexibility index (Phi) is 20.0. The molecule has 4 atom stereocenters. The van der Waals surface area contributed by atoms with E-state index in [4.69, 9.17) is 9.47 Å². The molecule has 70 heavy (non-hydrogen) atoms. The maximum atomic E-state index is 13.4. The van der Waals surface area contributed by atoms with Gasteiger partial charge in [0, 0.05) is 37.6 Å². The fraction of sp³-hybridized carbons (Fsp3) is 0.345. The second-order valence-corrected chi connectivity index (χ2v) is 19.1. The summed E-state index contributed by atoms with van der Waals surface area (Å²) in [7, 11) is 0. The average molecular weight is 949 g/mol. The van der Waals surface area contributed by atoms with E-state index in [-0.39, 0.29) is 11.6 Å². The number of rotatable bonds is 18. The second-order valence-electron chi connectivity index (χ2n) is 19.1. The third kappa shape index (κ3) is 16.1. The average Bonchev–Trinajstić information content (AvgIpc) is 3.31. The van der Waals surface area contributed by atoms with Gasteiger partial charge in [-0.2, -0.15) is 0 Å². The Balaban J connectivity index is 1.26. The van der Waals surface area contributed by atoms with Gasteiger partial charge in [0.25, 0.3) is 11.8 Å². The van der Waals surface area contributed by atoms with Crippen LogP contribution in [0.25, 0.3) is 0 Å². The molecule has 12 heteroatoms. The number of hydrogen-bond donors (Lipinski definition) is 2. The van der Waals surface area contributed by atoms with Crippen molar-refractivity contribution in [3.63, 3.8) is 0 Å². The predicted molar refractivity (Wildman–Crippen MR) is 275 cm³/mol. The molecule has 368 valence electrons. The van der Waals surface area contributed by atoms with Gasteiger partial charge in [-0.25, -0.2) is 9.59 Å². The van der Waals surface area contributed by atoms with Crippen LogP contribution in [0.3, 0.4) is 0 Å². The highest BCUT2D eigenvalue weighted by atomic mass is 16.6. The summed E-state index contributed by atoms with van der Waals surface area (Å²) in [5.41, 5.74) is 6.67. The van der Waals surface area contributed by atoms with Gasteiger partial charge in [0.1, 0.15) is 12.1 Å². The van der Waals surface area contributed by atoms with E-state index in [9.17, 15) is 28.8 Å². The molecule has 4 rings (SSSR count). The first-order valence-electron chi connectivity index (χ1n) is 23.4. The van der Waals surface area contributed by atoms with Gasteiger partial charge in [0.05, 0.1) is 11.1 Å². The Morgan fingerprint density at radius 3 is 1.27 bits per heavy atom. The predicted octanol–water partition coefficient (Wildman–Crippen LogP) is 10.4. The van der Waals surface area contributed by atoms with E-state index in [1.807, 2.05) is 140 Å². The fourth-order valence-electron chi connectivity index (χ4n) is 7.91. The van der Waals surface area contributed by atoms with Crippen LogP contribution in [-0.4, -0.2) is 69.6 Å². The lowest BCUT2D eigenvalue weighted by Gasteiger charge is -2.36. The van der Waals surface area contributed by atoms with Gasteiger partial charge >= 0.3 is 11.9 Å². The molecular formula is C58H68N4O8. The summed E-state index contributed by atoms with van der Waals surface area (Å²) in [5, 5.41) is 5.22. The molecule has 12 nitrogen and oxygen atoms in total. The Morgan fingerprint density at radius 1 is 0.586 bits per heavy atom. The van der Waals surface area contributed by atoms with E-state index in [0.29, 0.717) is 35.1 Å². The maximum absolute atomic E-state index is 13.4. The Bertz CT molecular complexity index is 2470. The van der Waals surface area contributed by atoms with Gasteiger partial charge < -0.3 is 20.1 Å². The van der Waals surface area contributed by atoms with Crippen molar-refractivity contribution >= 4 is 35.3 Å². The van der Waals surface area contributed by atoms with E-state index in [0.717, 1.165) is 33.4 Å². The number of pyridine rings is 2. The Hall–Kier alpha value is -7.34. The largest absolute Gasteiger partial charge is 0.452 e. The summed E-state index contributed by atoms with van der Waals surface area (Å²) in [6, 6.07) is 4.55. The van der Waals surface area contributed by atoms with E-state index in [1.165, 1.54) is 26.2 Å². The molecule has 2 heterocycles. The first-order valence-corrected chi connectivity index (χ1v) is 23.4. The molecule has 0 aliphatic heterocycles. The number of ketones is 2. The molecule has 2 unspecified atom stereocenters. The molecule has 2 amide bonds. The summed E-state index contributed by atoms with van der Waals surface area (Å²) in [5.74, 6) is -2.77. The maximum Gasteiger partial charge on any atom is 0.329 e. The van der Waals surface area contributed by atoms with Crippen molar-refractivity contribution in [1.82, 2.24) is 20.6 Å². The number of hydrogen-bond acceptors (Lipinski definition) is 10. The van der Waals surface area contributed by atoms with E-state index >= 15 is 0 Å². The van der Waals surface area contributed by atoms with Crippen LogP contribution >= 0.6 is 0 Å². The van der Waals surface area contributed by atoms with Crippen LogP contribution < -0.4 is 10.6 Å². The molecule has 0 saturated heterocycles. The number of nitrogens with one attached hydrogen (secondary N) is 2. The number of carbonyl (C=O) groups excluding carboxylic acids is 6. The number of nitrogens with zero attached hydrogens (tertiary/aromatic N) is 2. The van der Waals surface area contributed by atoms with Crippen molar-refractivity contribution in [3.05, 3.63) is 190 Å². The number of Topliss-reactive ketones (excluding diaryl/α,β-unsaturated/α-hetero) is 2. The van der Waals surface area contributed by atoms with Gasteiger partial charge in [-0.3, -0.25) is 29.1 Å². The highest BCUT2D eigenvalue weighted by molar-refractivity contribution is 6.03. The smallest absolute Gasteiger partial charge is 0.329 e. The number of carbonyl (C=O) groups is 6. The van der Waals surface area contributed by atoms with Gasteiger partial charge in [-0.05, 0) is 113 Å². The van der Waals surface area contributed by atoms with Crippen LogP contribution in [0, 0.1) is 10.8 Å². The van der Waals surface area contributed by atoms with Gasteiger partial charge in [-0.1, -0.05) is 135 Å². The summed E-state index contributed by atoms with van der Waals surface area (Å²) in [6.07, 6.45) is 32.5. The highest BCUT2D eigenvalue weighted by Crippen LogP contribution is 2.42. The van der Waals surface area contributed by atoms with Crippen molar-refractivity contribution < 1.29 is 38.2 Å². The SMILES string of the molecule is CC1=C(/C=C/C(C)=C/C=C/C(C)=C/C=C/C=C(C)/C=C/C=C(C)/C=C/C2=C(C)C(=O)[C@@H](OC(=O)C(C)NC(=O)c3cccnc3)CC2(C)C)C(C)(C)C[C@H](OC(=O)C(C)NC(=O)c2cccnc2)C1=O. The van der Waals surface area contributed by atoms with Crippen LogP contribution in [0.5, 0.6) is 0 Å². The Labute approximate surface area is 413 Å². The first-order chi connectivity index (χ1) is 33.0. The lowest BCUT2D eigenvalue weighted by atomic mass is 9.71. The zero-order chi connectivity index (χ0) is 51.8. The topological polar surface area (TPSA) is 171 Å². The van der Waals surface area contributed by atoms with Crippen LogP contribution in [0.2, 0.25) is 0 Å². The third-order valence-corrected chi connectivity index (χ3v) is 12.0. The molecule has 0 radical (unpaired) electrons. The minimum atomic E-state index is -0.951. The van der Waals surface area contributed by atoms with Gasteiger partial charge in [-0.15, -0.1) is 0 Å². The molecule has 2 N–H and O–H groups in total. The molecule has 0 fully saturated rings. The number of allylic oxidation sites excluding steroid dienone is 20. The van der Waals surface area contributed by atoms with E-state index < -0.39 is 58.9 Å². The number of ether oxygens (including phenoxy) is 2. The normalized spacial score (nSPS) is 20.2. The zero-order valence-electron chi connectivity index (χ0n) is 42.6. The summed E-state index contributed by atoms with van der Waals surface area (Å²) in [4.78, 5) is 85.4. The molecule has 2 aliphatic carbocycles. The number of aromatic nitrogens is 2. The quantitative estimate of drug-likeness (QED) is 0.108. The lowest BCUT2D eigenvalue weighted by molar-refractivity contribution is -0.157. The van der Waals surface area contributed by atoms with Crippen molar-refractivity contribution in [2.45, 2.75) is 120 Å². The zero-order valence-corrected chi connectivity index (χ0v) is 42.6. The molecule has 2 aromatic heterocycles. The van der Waals surface area contributed by atoms with Crippen LogP contribution in [0.15, 0.2) is 179 Å². The molecule has 0 spiro atoms. The van der Waals surface area contributed by atoms with Crippen LogP contribution in [-0.2, 0) is 28.7 Å². The fourth-order valence-corrected chi connectivity index (χ4v) is 7.91. The first kappa shape index (κ1) is 55.3. The number of esters is 2. The molecule has 2 aliphatic rings. The highest BCUT2D eigenvalue weighted by Gasteiger charge is 2.42. The number of amides is 2. The van der Waals surface area contributed by atoms with Gasteiger partial charge in [0.2, 0.25) is 0 Å². The van der Waals surface area contributed by atoms with Crippen LogP contribution in [0.1, 0.15) is 117 Å². The standard InChI is InChI=1S/C58H68N4O8/c1-37(21-15-23-39(3)27-29-47-41(5)51(63)49(33-57(47,9)10)69-55(67)43(7)61-53(65)45-25-17-31-59-35-45)19-13-14-20-38(2)22-16-24-40(4)28-30-48-42(6)52(64)50(34-58(48,11)12)70-56(68)44(8)62-54(66)46-26-18-32-60-36-46/h13-32,35-36,43-44,49-50H,33-34H2,1-12H3,(H,61,65)(H,62,66)/b14-13+,21-15+,22-16+,29-27+,30-28+,37-19+,38-20+,39-23+,40-24+/t43?,44?,49-,50-/m0/s1. The molecule has 2 aromatic rings. The summed E-state index contributed by atoms with van der Waals surface area (Å²) in [6.45, 7) is 22.7. The van der Waals surface area contributed by atoms with Gasteiger partial charge in [0.15, 0.2) is 23.8 Å². The molecule has 0 aromatic carbocycles. The lowest BCUT2D eigenvalue weighted by Crippen LogP contribution is -2.44. The Morgan fingerprint density at radius 2 is 0.929 bits per heavy atom. The van der Waals surface area contributed by atoms with Crippen LogP contribution in [0.4, 0.5) is 0 Å². The van der Waals surface area contributed by atoms with Crippen molar-refractivity contribution in [1.29, 1.82) is 0 Å². The minimum absolute atomic E-state index is 0.253. The summed E-state index contributed by atoms with van der Waals surface area (Å²) >= 11 is 0. The molecular weight excluding hydrogens is 881 g/mol. The minimum Gasteiger partial charge on any atom is -0.452 e. The third-order valence-electron chi connectivity index (χ3n) is 12.0. The summed E-state index contributed by atoms with van der Waals surface area (Å²) < 4.78 is 11.3. The van der Waals surface area contributed by atoms with E-state index in [2.05, 4.69) is 20.6 Å². The second kappa shape index (κ2) is 25.3. The van der Waals surface area contributed by atoms with Crippen molar-refractivity contribution in [2.75, 3.05) is 0 Å². The van der Waals surface area contributed by atoms with E-state index in [1.54, 1.807) is 50.5 Å². The molecule has 0 saturated carbocycles. The molecule has 0 bridgehead atoms. The van der Waals surface area contributed by atoms with Crippen molar-refractivity contribution in [2.24, 2.45) is 10.8 Å².